The van der Waals surface area contributed by atoms with Crippen molar-refractivity contribution in [2.45, 2.75) is 32.1 Å². The van der Waals surface area contributed by atoms with Crippen LogP contribution in [0.3, 0.4) is 0 Å². The summed E-state index contributed by atoms with van der Waals surface area (Å²) < 4.78 is 24.8. The highest BCUT2D eigenvalue weighted by molar-refractivity contribution is 5.90. The van der Waals surface area contributed by atoms with Crippen LogP contribution < -0.4 is 4.74 Å². The molecule has 1 aliphatic rings. The van der Waals surface area contributed by atoms with Crippen molar-refractivity contribution in [3.05, 3.63) is 82.9 Å². The SMILES string of the molecule is COC(=O)c1ccncc1CC[C@H]1CCOc2cc(-c3cccc(F)c3C)ccc21. The minimum absolute atomic E-state index is 0.207. The third kappa shape index (κ3) is 3.92. The van der Waals surface area contributed by atoms with Gasteiger partial charge in [-0.15, -0.1) is 0 Å². The zero-order valence-corrected chi connectivity index (χ0v) is 17.2. The number of hydrogen-bond donors (Lipinski definition) is 0. The van der Waals surface area contributed by atoms with Crippen LogP contribution in [-0.2, 0) is 11.2 Å². The Morgan fingerprint density at radius 2 is 2.13 bits per heavy atom. The number of nitrogens with zero attached hydrogens (tertiary/aromatic N) is 1. The Balaban J connectivity index is 1.57. The number of ether oxygens (including phenoxy) is 2. The summed E-state index contributed by atoms with van der Waals surface area (Å²) in [5.74, 6) is 0.630. The highest BCUT2D eigenvalue weighted by Gasteiger charge is 2.23. The van der Waals surface area contributed by atoms with Crippen molar-refractivity contribution in [3.8, 4) is 16.9 Å². The maximum absolute atomic E-state index is 14.0. The third-order valence-corrected chi connectivity index (χ3v) is 5.83. The molecule has 0 saturated carbocycles. The van der Waals surface area contributed by atoms with Crippen molar-refractivity contribution in [1.82, 2.24) is 4.98 Å². The number of carbonyl (C=O) groups excluding carboxylic acids is 1. The molecule has 30 heavy (non-hydrogen) atoms. The van der Waals surface area contributed by atoms with Gasteiger partial charge in [-0.3, -0.25) is 4.98 Å². The summed E-state index contributed by atoms with van der Waals surface area (Å²) >= 11 is 0. The second-order valence-electron chi connectivity index (χ2n) is 7.56. The monoisotopic (exact) mass is 405 g/mol. The Morgan fingerprint density at radius 1 is 1.27 bits per heavy atom. The Bertz CT molecular complexity index is 1080. The van der Waals surface area contributed by atoms with Crippen molar-refractivity contribution in [2.75, 3.05) is 13.7 Å². The molecule has 3 aromatic rings. The molecule has 2 heterocycles. The van der Waals surface area contributed by atoms with Gasteiger partial charge >= 0.3 is 5.97 Å². The molecule has 2 aromatic carbocycles. The average molecular weight is 405 g/mol. The van der Waals surface area contributed by atoms with Gasteiger partial charge in [-0.25, -0.2) is 9.18 Å². The highest BCUT2D eigenvalue weighted by Crippen LogP contribution is 2.39. The molecule has 1 aromatic heterocycles. The zero-order chi connectivity index (χ0) is 21.1. The van der Waals surface area contributed by atoms with Crippen LogP contribution in [0, 0.1) is 12.7 Å². The molecule has 0 radical (unpaired) electrons. The Labute approximate surface area is 175 Å². The van der Waals surface area contributed by atoms with Crippen molar-refractivity contribution in [2.24, 2.45) is 0 Å². The van der Waals surface area contributed by atoms with Gasteiger partial charge in [-0.2, -0.15) is 0 Å². The predicted octanol–water partition coefficient (Wildman–Crippen LogP) is 5.48. The lowest BCUT2D eigenvalue weighted by Gasteiger charge is -2.27. The molecule has 4 rings (SSSR count). The number of aryl methyl sites for hydroxylation is 1. The van der Waals surface area contributed by atoms with Gasteiger partial charge in [-0.05, 0) is 78.1 Å². The van der Waals surface area contributed by atoms with Crippen LogP contribution >= 0.6 is 0 Å². The van der Waals surface area contributed by atoms with E-state index in [2.05, 4.69) is 11.1 Å². The van der Waals surface area contributed by atoms with Crippen molar-refractivity contribution >= 4 is 5.97 Å². The first-order valence-electron chi connectivity index (χ1n) is 10.1. The zero-order valence-electron chi connectivity index (χ0n) is 17.2. The molecular weight excluding hydrogens is 381 g/mol. The number of esters is 1. The molecule has 1 aliphatic heterocycles. The molecule has 5 heteroatoms. The quantitative estimate of drug-likeness (QED) is 0.527. The summed E-state index contributed by atoms with van der Waals surface area (Å²) in [6.07, 6.45) is 5.87. The van der Waals surface area contributed by atoms with Gasteiger partial charge in [0.1, 0.15) is 11.6 Å². The molecule has 0 amide bonds. The van der Waals surface area contributed by atoms with E-state index in [4.69, 9.17) is 9.47 Å². The minimum Gasteiger partial charge on any atom is -0.493 e. The largest absolute Gasteiger partial charge is 0.493 e. The summed E-state index contributed by atoms with van der Waals surface area (Å²) in [7, 11) is 1.39. The van der Waals surface area contributed by atoms with Crippen LogP contribution in [0.15, 0.2) is 54.9 Å². The number of methoxy groups -OCH3 is 1. The number of rotatable bonds is 5. The lowest BCUT2D eigenvalue weighted by molar-refractivity contribution is 0.0599. The van der Waals surface area contributed by atoms with Gasteiger partial charge in [0.2, 0.25) is 0 Å². The molecule has 0 N–H and O–H groups in total. The van der Waals surface area contributed by atoms with Gasteiger partial charge in [0.15, 0.2) is 0 Å². The second kappa shape index (κ2) is 8.66. The summed E-state index contributed by atoms with van der Waals surface area (Å²) in [5.41, 5.74) is 5.08. The lowest BCUT2D eigenvalue weighted by Crippen LogP contribution is -2.15. The fourth-order valence-electron chi connectivity index (χ4n) is 4.12. The van der Waals surface area contributed by atoms with Crippen LogP contribution in [0.4, 0.5) is 4.39 Å². The molecule has 1 atom stereocenters. The van der Waals surface area contributed by atoms with Crippen LogP contribution in [-0.4, -0.2) is 24.7 Å². The van der Waals surface area contributed by atoms with E-state index in [1.165, 1.54) is 13.2 Å². The van der Waals surface area contributed by atoms with Crippen LogP contribution in [0.2, 0.25) is 0 Å². The smallest absolute Gasteiger partial charge is 0.338 e. The fourth-order valence-corrected chi connectivity index (χ4v) is 4.12. The molecule has 0 unspecified atom stereocenters. The number of carbonyl (C=O) groups is 1. The predicted molar refractivity (Wildman–Crippen MR) is 113 cm³/mol. The molecule has 0 bridgehead atoms. The number of hydrogen-bond acceptors (Lipinski definition) is 4. The molecular formula is C25H24FNO3. The summed E-state index contributed by atoms with van der Waals surface area (Å²) in [6.45, 7) is 2.43. The Kier molecular flexibility index (Phi) is 5.79. The molecule has 0 fully saturated rings. The van der Waals surface area contributed by atoms with Gasteiger partial charge < -0.3 is 9.47 Å². The first kappa shape index (κ1) is 20.1. The lowest BCUT2D eigenvalue weighted by atomic mass is 9.86. The van der Waals surface area contributed by atoms with Crippen LogP contribution in [0.5, 0.6) is 5.75 Å². The molecule has 4 nitrogen and oxygen atoms in total. The Hall–Kier alpha value is -3.21. The van der Waals surface area contributed by atoms with Crippen molar-refractivity contribution in [3.63, 3.8) is 0 Å². The molecule has 0 spiro atoms. The second-order valence-corrected chi connectivity index (χ2v) is 7.56. The minimum atomic E-state index is -0.338. The van der Waals surface area contributed by atoms with E-state index in [-0.39, 0.29) is 11.8 Å². The average Bonchev–Trinajstić information content (AvgIpc) is 2.78. The fraction of sp³-hybridized carbons (Fsp3) is 0.280. The van der Waals surface area contributed by atoms with E-state index in [1.54, 1.807) is 31.5 Å². The molecule has 154 valence electrons. The molecule has 0 saturated heterocycles. The number of fused-ring (bicyclic) bond motifs is 1. The van der Waals surface area contributed by atoms with E-state index in [0.717, 1.165) is 47.3 Å². The first-order valence-corrected chi connectivity index (χ1v) is 10.1. The van der Waals surface area contributed by atoms with E-state index in [0.29, 0.717) is 23.7 Å². The van der Waals surface area contributed by atoms with E-state index < -0.39 is 0 Å². The van der Waals surface area contributed by atoms with Crippen LogP contribution in [0.1, 0.15) is 45.8 Å². The number of benzene rings is 2. The maximum Gasteiger partial charge on any atom is 0.338 e. The first-order chi connectivity index (χ1) is 14.6. The number of halogens is 1. The van der Waals surface area contributed by atoms with Gasteiger partial charge in [0.05, 0.1) is 19.3 Å². The van der Waals surface area contributed by atoms with E-state index in [1.807, 2.05) is 18.2 Å². The summed E-state index contributed by atoms with van der Waals surface area (Å²) in [4.78, 5) is 16.2. The highest BCUT2D eigenvalue weighted by atomic mass is 19.1. The number of aromatic nitrogens is 1. The normalized spacial score (nSPS) is 15.2. The van der Waals surface area contributed by atoms with Gasteiger partial charge in [-0.1, -0.05) is 24.3 Å². The van der Waals surface area contributed by atoms with E-state index in [9.17, 15) is 9.18 Å². The standard InChI is InChI=1S/C25H24FNO3/c1-16-20(4-3-5-23(16)26)18-8-9-21-17(11-13-30-24(21)14-18)6-7-19-15-27-12-10-22(19)25(28)29-2/h3-5,8-10,12,14-15,17H,6-7,11,13H2,1-2H3/t17-/m0/s1. The maximum atomic E-state index is 14.0. The molecule has 0 aliphatic carbocycles. The number of pyridine rings is 1. The topological polar surface area (TPSA) is 48.4 Å². The van der Waals surface area contributed by atoms with Crippen LogP contribution in [0.25, 0.3) is 11.1 Å². The van der Waals surface area contributed by atoms with Crippen molar-refractivity contribution in [1.29, 1.82) is 0 Å². The van der Waals surface area contributed by atoms with Crippen molar-refractivity contribution < 1.29 is 18.7 Å². The van der Waals surface area contributed by atoms with Gasteiger partial charge in [0, 0.05) is 12.4 Å². The third-order valence-electron chi connectivity index (χ3n) is 5.83. The van der Waals surface area contributed by atoms with E-state index >= 15 is 0 Å². The Morgan fingerprint density at radius 3 is 2.97 bits per heavy atom. The summed E-state index contributed by atoms with van der Waals surface area (Å²) in [5, 5.41) is 0. The summed E-state index contributed by atoms with van der Waals surface area (Å²) in [6, 6.07) is 13.0. The van der Waals surface area contributed by atoms with Gasteiger partial charge in [0.25, 0.3) is 0 Å².